The van der Waals surface area contributed by atoms with Crippen molar-refractivity contribution < 1.29 is 94.9 Å². The molecule has 3 fully saturated rings. The molecule has 0 bridgehead atoms. The molecule has 1 heterocycles. The molecule has 16 nitrogen and oxygen atoms in total. The molecule has 0 radical (unpaired) electrons. The van der Waals surface area contributed by atoms with Crippen LogP contribution in [0.5, 0.6) is 0 Å². The summed E-state index contributed by atoms with van der Waals surface area (Å²) in [5, 5.41) is 12.0. The quantitative estimate of drug-likeness (QED) is 0.246. The van der Waals surface area contributed by atoms with Crippen molar-refractivity contribution in [2.75, 3.05) is 19.7 Å². The van der Waals surface area contributed by atoms with Crippen molar-refractivity contribution in [3.63, 3.8) is 0 Å². The molecule has 3 amide bonds. The van der Waals surface area contributed by atoms with E-state index >= 15 is 0 Å². The van der Waals surface area contributed by atoms with Gasteiger partial charge in [0, 0.05) is 42.7 Å². The van der Waals surface area contributed by atoms with Gasteiger partial charge in [0.2, 0.25) is 5.91 Å². The number of hydrogen-bond donors (Lipinski definition) is 4. The van der Waals surface area contributed by atoms with Gasteiger partial charge in [-0.25, -0.2) is 32.1 Å². The Hall–Kier alpha value is -3.91. The number of amides is 3. The van der Waals surface area contributed by atoms with Crippen LogP contribution in [0.1, 0.15) is 65.5 Å². The van der Waals surface area contributed by atoms with Crippen LogP contribution in [0.4, 0.5) is 27.2 Å². The minimum absolute atomic E-state index is 0. The van der Waals surface area contributed by atoms with E-state index in [0.29, 0.717) is 24.0 Å². The molecule has 2 saturated carbocycles. The van der Waals surface area contributed by atoms with Crippen LogP contribution in [0, 0.1) is 35.1 Å². The van der Waals surface area contributed by atoms with Crippen LogP contribution in [-0.4, -0.2) is 82.0 Å². The third kappa shape index (κ3) is 14.7. The number of nitrogens with zero attached hydrogens (tertiary/aromatic N) is 1. The molecule has 2 aliphatic carbocycles. The molecule has 0 unspecified atom stereocenters. The summed E-state index contributed by atoms with van der Waals surface area (Å²) in [7, 11) is -4.67. The molecule has 22 heteroatoms. The van der Waals surface area contributed by atoms with Gasteiger partial charge in [0.1, 0.15) is 34.5 Å². The van der Waals surface area contributed by atoms with Crippen molar-refractivity contribution in [3.8, 4) is 0 Å². The SMILES string of the molecule is CC(C)(C)OC(=O)N1C[C@@]2(c3cc(F)cc(F)c3)C[C@H]2C1=O.CC(C)(C)OC(=O)NC[C@@]1(c2cc(F)cc(F)c2)C[C@H]1CO.O.O=S(=O)(O)O.[O]=[Cr](=[O])=[O]. The summed E-state index contributed by atoms with van der Waals surface area (Å²) in [5.74, 6) is -3.58. The van der Waals surface area contributed by atoms with Gasteiger partial charge in [-0.1, -0.05) is 0 Å². The van der Waals surface area contributed by atoms with E-state index in [1.807, 2.05) is 0 Å². The molecule has 1 aliphatic heterocycles. The number of likely N-dealkylation sites (tertiary alicyclic amines) is 1. The van der Waals surface area contributed by atoms with Crippen LogP contribution in [0.2, 0.25) is 0 Å². The maximum absolute atomic E-state index is 13.4. The van der Waals surface area contributed by atoms with E-state index in [1.165, 1.54) is 24.3 Å². The number of benzene rings is 2. The van der Waals surface area contributed by atoms with Gasteiger partial charge >= 0.3 is 47.9 Å². The molecule has 3 aliphatic rings. The summed E-state index contributed by atoms with van der Waals surface area (Å²) in [6.07, 6.45) is -0.232. The Labute approximate surface area is 311 Å². The molecule has 5 rings (SSSR count). The summed E-state index contributed by atoms with van der Waals surface area (Å²) < 4.78 is 121. The Morgan fingerprint density at radius 2 is 1.26 bits per heavy atom. The number of alkyl carbamates (subject to hydrolysis) is 1. The third-order valence-electron chi connectivity index (χ3n) is 7.97. The van der Waals surface area contributed by atoms with Gasteiger partial charge in [0.05, 0.1) is 5.92 Å². The number of carbonyl (C=O) groups is 3. The number of carbonyl (C=O) groups excluding carboxylic acids is 3. The standard InChI is InChI=1S/C16H17F2NO3.C16H21F2NO3.Cr.H2O4S.H2O.3O/c1-15(2,3)22-14(21)19-8-16(7-12(16)13(19)20)9-4-10(17)6-11(18)5-9;1-15(2,3)22-14(21)19-9-16(7-11(16)8-20)10-4-12(17)6-13(18)5-10;;1-5(2,3)4;;;;/h4-6,12H,7-8H2,1-3H3;4-6,11,20H,7-9H2,1-3H3,(H,19,21);;(H2,1,2,3,4);1H2;;;/t12-,16+;11-,16+;;;;;;/m00....../s1. The maximum atomic E-state index is 13.4. The number of piperidine rings is 1. The van der Waals surface area contributed by atoms with Crippen LogP contribution in [0.3, 0.4) is 0 Å². The van der Waals surface area contributed by atoms with Crippen molar-refractivity contribution in [3.05, 3.63) is 70.8 Å². The number of halogens is 4. The van der Waals surface area contributed by atoms with Gasteiger partial charge in [-0.05, 0) is 95.7 Å². The zero-order valence-electron chi connectivity index (χ0n) is 29.9. The molecule has 2 aromatic carbocycles. The number of imide groups is 1. The summed E-state index contributed by atoms with van der Waals surface area (Å²) in [5.41, 5.74) is -1.77. The first-order valence-electron chi connectivity index (χ1n) is 15.5. The van der Waals surface area contributed by atoms with Gasteiger partial charge in [0.15, 0.2) is 0 Å². The zero-order valence-corrected chi connectivity index (χ0v) is 31.9. The van der Waals surface area contributed by atoms with E-state index in [4.69, 9.17) is 38.4 Å². The van der Waals surface area contributed by atoms with E-state index in [-0.39, 0.29) is 37.0 Å². The summed E-state index contributed by atoms with van der Waals surface area (Å²) in [6, 6.07) is 6.55. The number of hydrogen-bond acceptors (Lipinski definition) is 11. The average Bonchev–Trinajstić information content (AvgIpc) is 3.83. The van der Waals surface area contributed by atoms with Crippen LogP contribution in [0.25, 0.3) is 0 Å². The fraction of sp³-hybridized carbons (Fsp3) is 0.531. The number of rotatable bonds is 5. The first-order chi connectivity index (χ1) is 24.0. The van der Waals surface area contributed by atoms with Gasteiger partial charge in [-0.3, -0.25) is 13.9 Å². The molecule has 1 saturated heterocycles. The molecule has 0 aromatic heterocycles. The topological polar surface area (TPSA) is 262 Å². The Bertz CT molecular complexity index is 1870. The number of ether oxygens (including phenoxy) is 2. The van der Waals surface area contributed by atoms with E-state index in [2.05, 4.69) is 5.32 Å². The average molecular weight is 839 g/mol. The molecule has 2 aromatic rings. The van der Waals surface area contributed by atoms with Gasteiger partial charge in [-0.2, -0.15) is 8.42 Å². The molecule has 4 atom stereocenters. The van der Waals surface area contributed by atoms with E-state index < -0.39 is 87.8 Å². The summed E-state index contributed by atoms with van der Waals surface area (Å²) in [6.45, 7) is 10.5. The van der Waals surface area contributed by atoms with Crippen molar-refractivity contribution >= 4 is 28.5 Å². The fourth-order valence-electron chi connectivity index (χ4n) is 5.75. The predicted octanol–water partition coefficient (Wildman–Crippen LogP) is 3.90. The van der Waals surface area contributed by atoms with Crippen molar-refractivity contribution in [2.45, 2.75) is 76.4 Å². The molecule has 6 N–H and O–H groups in total. The Balaban J connectivity index is 0.000000435. The van der Waals surface area contributed by atoms with Crippen LogP contribution in [0.15, 0.2) is 36.4 Å². The van der Waals surface area contributed by atoms with Crippen molar-refractivity contribution in [1.82, 2.24) is 10.2 Å². The van der Waals surface area contributed by atoms with Crippen LogP contribution >= 0.6 is 0 Å². The number of aliphatic hydroxyl groups excluding tert-OH is 1. The molecule has 54 heavy (non-hydrogen) atoms. The van der Waals surface area contributed by atoms with Gasteiger partial charge in [-0.15, -0.1) is 0 Å². The zero-order chi connectivity index (χ0) is 40.9. The number of fused-ring (bicyclic) bond motifs is 1. The minimum atomic E-state index is -4.67. The Morgan fingerprint density at radius 1 is 0.852 bits per heavy atom. The summed E-state index contributed by atoms with van der Waals surface area (Å²) in [4.78, 5) is 37.1. The summed E-state index contributed by atoms with van der Waals surface area (Å²) >= 11 is -3.79. The third-order valence-corrected chi connectivity index (χ3v) is 7.97. The van der Waals surface area contributed by atoms with E-state index in [1.54, 1.807) is 41.5 Å². The van der Waals surface area contributed by atoms with Gasteiger partial charge in [0.25, 0.3) is 0 Å². The second kappa shape index (κ2) is 18.2. The van der Waals surface area contributed by atoms with E-state index in [0.717, 1.165) is 17.0 Å². The normalized spacial score (nSPS) is 22.2. The second-order valence-corrected chi connectivity index (χ2v) is 15.9. The first kappa shape index (κ1) is 48.1. The Kier molecular flexibility index (Phi) is 16.2. The van der Waals surface area contributed by atoms with Crippen LogP contribution in [-0.2, 0) is 60.9 Å². The fourth-order valence-corrected chi connectivity index (χ4v) is 5.75. The molecular weight excluding hydrogens is 796 g/mol. The van der Waals surface area contributed by atoms with Crippen molar-refractivity contribution in [2.24, 2.45) is 11.8 Å². The molecule has 0 spiro atoms. The van der Waals surface area contributed by atoms with Crippen LogP contribution < -0.4 is 5.32 Å². The number of nitrogens with one attached hydrogen (secondary N) is 1. The Morgan fingerprint density at radius 3 is 1.63 bits per heavy atom. The second-order valence-electron chi connectivity index (χ2n) is 14.4. The van der Waals surface area contributed by atoms with Crippen molar-refractivity contribution in [1.29, 1.82) is 0 Å². The monoisotopic (exact) mass is 838 g/mol. The van der Waals surface area contributed by atoms with E-state index in [9.17, 15) is 37.1 Å². The first-order valence-corrected chi connectivity index (χ1v) is 18.5. The number of aliphatic hydroxyl groups is 1. The predicted molar refractivity (Wildman–Crippen MR) is 171 cm³/mol. The van der Waals surface area contributed by atoms with Gasteiger partial charge < -0.3 is 25.4 Å². The molecular formula is C32H42CrF4N2O14S. The molecule has 304 valence electrons.